The Morgan fingerprint density at radius 2 is 1.58 bits per heavy atom. The number of rotatable bonds is 5. The molecule has 4 rings (SSSR count). The summed E-state index contributed by atoms with van der Waals surface area (Å²) in [5, 5.41) is 15.2. The van der Waals surface area contributed by atoms with Gasteiger partial charge in [-0.2, -0.15) is 9.40 Å². The number of hydrogen-bond acceptors (Lipinski definition) is 6. The van der Waals surface area contributed by atoms with Gasteiger partial charge in [0.2, 0.25) is 10.0 Å². The monoisotopic (exact) mass is 469 g/mol. The van der Waals surface area contributed by atoms with Crippen molar-refractivity contribution in [3.8, 4) is 5.69 Å². The summed E-state index contributed by atoms with van der Waals surface area (Å²) in [5.74, 6) is -0.165. The van der Waals surface area contributed by atoms with E-state index in [0.29, 0.717) is 5.56 Å². The van der Waals surface area contributed by atoms with Crippen molar-refractivity contribution in [1.29, 1.82) is 0 Å². The number of carbonyl (C=O) groups excluding carboxylic acids is 1. The number of carbonyl (C=O) groups is 1. The van der Waals surface area contributed by atoms with E-state index in [9.17, 15) is 23.3 Å². The molecule has 2 aromatic carbocycles. The Bertz CT molecular complexity index is 1290. The molecule has 0 unspecified atom stereocenters. The van der Waals surface area contributed by atoms with E-state index in [1.54, 1.807) is 17.0 Å². The molecule has 1 fully saturated rings. The van der Waals surface area contributed by atoms with Crippen molar-refractivity contribution in [3.05, 3.63) is 81.7 Å². The predicted octanol–water partition coefficient (Wildman–Crippen LogP) is 2.54. The highest BCUT2D eigenvalue weighted by Gasteiger charge is 2.30. The van der Waals surface area contributed by atoms with E-state index in [1.807, 2.05) is 36.7 Å². The van der Waals surface area contributed by atoms with Gasteiger partial charge < -0.3 is 4.90 Å². The summed E-state index contributed by atoms with van der Waals surface area (Å²) in [6.45, 7) is 4.68. The molecule has 0 saturated carbocycles. The second-order valence-corrected chi connectivity index (χ2v) is 9.77. The maximum Gasteiger partial charge on any atom is 0.269 e. The third-order valence-corrected chi connectivity index (χ3v) is 7.49. The third kappa shape index (κ3) is 4.50. The number of nitro benzene ring substituents is 1. The van der Waals surface area contributed by atoms with Crippen LogP contribution in [0.1, 0.15) is 21.7 Å². The zero-order chi connectivity index (χ0) is 23.8. The van der Waals surface area contributed by atoms with Crippen LogP contribution in [-0.2, 0) is 10.0 Å². The highest BCUT2D eigenvalue weighted by molar-refractivity contribution is 7.89. The number of benzene rings is 2. The molecule has 1 aliphatic rings. The topological polar surface area (TPSA) is 119 Å². The normalized spacial score (nSPS) is 14.9. The van der Waals surface area contributed by atoms with Crippen LogP contribution >= 0.6 is 0 Å². The van der Waals surface area contributed by atoms with Gasteiger partial charge in [0, 0.05) is 49.6 Å². The molecule has 11 heteroatoms. The summed E-state index contributed by atoms with van der Waals surface area (Å²) in [7, 11) is -3.79. The lowest BCUT2D eigenvalue weighted by Crippen LogP contribution is -2.50. The summed E-state index contributed by atoms with van der Waals surface area (Å²) in [6.07, 6.45) is 0. The third-order valence-electron chi connectivity index (χ3n) is 5.58. The first-order chi connectivity index (χ1) is 15.7. The molecule has 0 atom stereocenters. The first-order valence-electron chi connectivity index (χ1n) is 10.3. The first kappa shape index (κ1) is 22.6. The number of non-ortho nitro benzene ring substituents is 1. The summed E-state index contributed by atoms with van der Waals surface area (Å²) in [4.78, 5) is 24.7. The molecule has 1 saturated heterocycles. The van der Waals surface area contributed by atoms with Crippen LogP contribution in [-0.4, -0.2) is 64.4 Å². The fourth-order valence-electron chi connectivity index (χ4n) is 3.84. The zero-order valence-electron chi connectivity index (χ0n) is 18.2. The molecule has 10 nitrogen and oxygen atoms in total. The molecular formula is C22H23N5O5S. The van der Waals surface area contributed by atoms with Crippen LogP contribution < -0.4 is 0 Å². The molecule has 1 aromatic heterocycles. The van der Waals surface area contributed by atoms with E-state index < -0.39 is 14.9 Å². The van der Waals surface area contributed by atoms with Crippen molar-refractivity contribution in [2.75, 3.05) is 26.2 Å². The lowest BCUT2D eigenvalue weighted by Gasteiger charge is -2.34. The minimum absolute atomic E-state index is 0.00684. The van der Waals surface area contributed by atoms with Gasteiger partial charge in [0.15, 0.2) is 0 Å². The fraction of sp³-hybridized carbons (Fsp3) is 0.273. The van der Waals surface area contributed by atoms with Crippen molar-refractivity contribution >= 4 is 21.6 Å². The Morgan fingerprint density at radius 1 is 0.970 bits per heavy atom. The number of nitrogens with zero attached hydrogens (tertiary/aromatic N) is 5. The maximum atomic E-state index is 12.9. The smallest absolute Gasteiger partial charge is 0.269 e. The van der Waals surface area contributed by atoms with E-state index in [2.05, 4.69) is 5.10 Å². The number of aromatic nitrogens is 2. The van der Waals surface area contributed by atoms with Gasteiger partial charge in [0.1, 0.15) is 0 Å². The zero-order valence-corrected chi connectivity index (χ0v) is 19.0. The Hall–Kier alpha value is -3.57. The van der Waals surface area contributed by atoms with Gasteiger partial charge in [-0.05, 0) is 56.3 Å². The highest BCUT2D eigenvalue weighted by atomic mass is 32.2. The molecule has 0 aliphatic carbocycles. The Labute approximate surface area is 191 Å². The molecule has 1 aliphatic heterocycles. The van der Waals surface area contributed by atoms with Crippen LogP contribution in [0.5, 0.6) is 0 Å². The lowest BCUT2D eigenvalue weighted by atomic mass is 10.1. The highest BCUT2D eigenvalue weighted by Crippen LogP contribution is 2.22. The fourth-order valence-corrected chi connectivity index (χ4v) is 5.26. The van der Waals surface area contributed by atoms with Crippen molar-refractivity contribution in [2.24, 2.45) is 0 Å². The molecule has 0 N–H and O–H groups in total. The van der Waals surface area contributed by atoms with E-state index >= 15 is 0 Å². The SMILES string of the molecule is Cc1cc(C)n(-c2ccc(C(=O)N3CCN(S(=O)(=O)c4ccc([N+](=O)[O-])cc4)CC3)cc2)n1. The van der Waals surface area contributed by atoms with Crippen LogP contribution in [0.4, 0.5) is 5.69 Å². The minimum atomic E-state index is -3.79. The number of hydrogen-bond donors (Lipinski definition) is 0. The number of sulfonamides is 1. The standard InChI is InChI=1S/C22H23N5O5S/c1-16-15-17(2)26(23-16)19-5-3-18(4-6-19)22(28)24-11-13-25(14-12-24)33(31,32)21-9-7-20(8-10-21)27(29)30/h3-10,15H,11-14H2,1-2H3. The van der Waals surface area contributed by atoms with E-state index in [1.165, 1.54) is 28.6 Å². The number of aryl methyl sites for hydroxylation is 2. The molecule has 172 valence electrons. The second-order valence-electron chi connectivity index (χ2n) is 7.83. The Balaban J connectivity index is 1.41. The number of piperazine rings is 1. The summed E-state index contributed by atoms with van der Waals surface area (Å²) >= 11 is 0. The number of nitro groups is 1. The van der Waals surface area contributed by atoms with Crippen LogP contribution in [0.25, 0.3) is 5.69 Å². The van der Waals surface area contributed by atoms with E-state index in [0.717, 1.165) is 17.1 Å². The molecule has 0 bridgehead atoms. The van der Waals surface area contributed by atoms with Crippen LogP contribution in [0, 0.1) is 24.0 Å². The first-order valence-corrected chi connectivity index (χ1v) is 11.8. The summed E-state index contributed by atoms with van der Waals surface area (Å²) in [5.41, 5.74) is 3.11. The van der Waals surface area contributed by atoms with Crippen LogP contribution in [0.15, 0.2) is 59.5 Å². The van der Waals surface area contributed by atoms with Crippen molar-refractivity contribution in [2.45, 2.75) is 18.7 Å². The van der Waals surface area contributed by atoms with Crippen molar-refractivity contribution < 1.29 is 18.1 Å². The van der Waals surface area contributed by atoms with Gasteiger partial charge in [-0.15, -0.1) is 0 Å². The van der Waals surface area contributed by atoms with E-state index in [-0.39, 0.29) is 42.7 Å². The quantitative estimate of drug-likeness (QED) is 0.419. The van der Waals surface area contributed by atoms with E-state index in [4.69, 9.17) is 0 Å². The lowest BCUT2D eigenvalue weighted by molar-refractivity contribution is -0.384. The predicted molar refractivity (Wildman–Crippen MR) is 121 cm³/mol. The van der Waals surface area contributed by atoms with Gasteiger partial charge in [-0.1, -0.05) is 0 Å². The van der Waals surface area contributed by atoms with Crippen LogP contribution in [0.2, 0.25) is 0 Å². The van der Waals surface area contributed by atoms with Gasteiger partial charge in [-0.25, -0.2) is 13.1 Å². The van der Waals surface area contributed by atoms with Gasteiger partial charge in [0.25, 0.3) is 11.6 Å². The Kier molecular flexibility index (Phi) is 6.00. The van der Waals surface area contributed by atoms with Crippen molar-refractivity contribution in [3.63, 3.8) is 0 Å². The second kappa shape index (κ2) is 8.75. The molecule has 3 aromatic rings. The maximum absolute atomic E-state index is 12.9. The van der Waals surface area contributed by atoms with Gasteiger partial charge in [-0.3, -0.25) is 14.9 Å². The van der Waals surface area contributed by atoms with Gasteiger partial charge in [0.05, 0.1) is 21.2 Å². The van der Waals surface area contributed by atoms with Crippen LogP contribution in [0.3, 0.4) is 0 Å². The number of amides is 1. The molecular weight excluding hydrogens is 446 g/mol. The van der Waals surface area contributed by atoms with Crippen molar-refractivity contribution in [1.82, 2.24) is 19.0 Å². The molecule has 2 heterocycles. The largest absolute Gasteiger partial charge is 0.336 e. The summed E-state index contributed by atoms with van der Waals surface area (Å²) in [6, 6.07) is 13.9. The molecule has 0 spiro atoms. The molecule has 33 heavy (non-hydrogen) atoms. The van der Waals surface area contributed by atoms with Gasteiger partial charge >= 0.3 is 0 Å². The molecule has 0 radical (unpaired) electrons. The average Bonchev–Trinajstić information content (AvgIpc) is 3.16. The molecule has 1 amide bonds. The summed E-state index contributed by atoms with van der Waals surface area (Å²) < 4.78 is 28.8. The average molecular weight is 470 g/mol. The Morgan fingerprint density at radius 3 is 2.09 bits per heavy atom. The minimum Gasteiger partial charge on any atom is -0.336 e.